The van der Waals surface area contributed by atoms with E-state index in [1.165, 1.54) is 21.7 Å². The Morgan fingerprint density at radius 2 is 2.22 bits per heavy atom. The Morgan fingerprint density at radius 3 is 2.78 bits per heavy atom. The average molecular weight is 331 g/mol. The van der Waals surface area contributed by atoms with E-state index in [-0.39, 0.29) is 17.3 Å². The third kappa shape index (κ3) is 2.15. The van der Waals surface area contributed by atoms with Gasteiger partial charge in [0.2, 0.25) is 5.13 Å². The van der Waals surface area contributed by atoms with Crippen LogP contribution in [0.4, 0.5) is 5.13 Å². The van der Waals surface area contributed by atoms with Gasteiger partial charge in [-0.15, -0.1) is 10.2 Å². The lowest BCUT2D eigenvalue weighted by Gasteiger charge is -2.22. The molecule has 1 fully saturated rings. The van der Waals surface area contributed by atoms with Gasteiger partial charge in [0.25, 0.3) is 5.91 Å². The van der Waals surface area contributed by atoms with Crippen molar-refractivity contribution in [2.45, 2.75) is 18.9 Å². The number of nitrogens with zero attached hydrogens (tertiary/aromatic N) is 5. The maximum Gasteiger partial charge on any atom is 0.296 e. The summed E-state index contributed by atoms with van der Waals surface area (Å²) in [5, 5.41) is 22.4. The average Bonchev–Trinajstić information content (AvgIpc) is 2.96. The Bertz CT molecular complexity index is 821. The van der Waals surface area contributed by atoms with Crippen molar-refractivity contribution in [3.05, 3.63) is 34.8 Å². The van der Waals surface area contributed by atoms with Crippen molar-refractivity contribution in [2.75, 3.05) is 4.90 Å². The van der Waals surface area contributed by atoms with Crippen molar-refractivity contribution in [1.29, 1.82) is 0 Å². The third-order valence-electron chi connectivity index (χ3n) is 4.02. The van der Waals surface area contributed by atoms with Crippen molar-refractivity contribution in [2.24, 2.45) is 13.0 Å². The summed E-state index contributed by atoms with van der Waals surface area (Å²) in [6.07, 6.45) is 4.90. The van der Waals surface area contributed by atoms with E-state index >= 15 is 0 Å². The smallest absolute Gasteiger partial charge is 0.296 e. The number of aryl methyl sites for hydroxylation is 1. The van der Waals surface area contributed by atoms with Crippen LogP contribution in [0, 0.1) is 5.92 Å². The van der Waals surface area contributed by atoms with Crippen LogP contribution >= 0.6 is 11.3 Å². The lowest BCUT2D eigenvalue weighted by Crippen LogP contribution is -2.31. The first-order valence-electron chi connectivity index (χ1n) is 7.13. The number of hydrogen-bond acceptors (Lipinski definition) is 7. The first-order chi connectivity index (χ1) is 11.1. The first kappa shape index (κ1) is 14.1. The second kappa shape index (κ2) is 4.98. The normalized spacial score (nSPS) is 21.3. The molecule has 9 heteroatoms. The molecule has 118 valence electrons. The van der Waals surface area contributed by atoms with E-state index in [2.05, 4.69) is 15.3 Å². The van der Waals surface area contributed by atoms with Crippen LogP contribution < -0.4 is 4.90 Å². The summed E-state index contributed by atoms with van der Waals surface area (Å²) in [5.41, 5.74) is 2.30. The molecule has 0 saturated heterocycles. The molecule has 1 saturated carbocycles. The fourth-order valence-corrected chi connectivity index (χ4v) is 3.37. The zero-order valence-corrected chi connectivity index (χ0v) is 13.0. The molecule has 1 atom stereocenters. The zero-order chi connectivity index (χ0) is 16.1. The highest BCUT2D eigenvalue weighted by Crippen LogP contribution is 2.45. The Kier molecular flexibility index (Phi) is 3.05. The SMILES string of the molecule is Cn1cc(C2C(C(=O)C3CC3)=C(O)C(=O)N2c2nncs2)cn1. The van der Waals surface area contributed by atoms with Gasteiger partial charge in [0, 0.05) is 24.7 Å². The summed E-state index contributed by atoms with van der Waals surface area (Å²) in [5.74, 6) is -1.39. The van der Waals surface area contributed by atoms with E-state index in [9.17, 15) is 14.7 Å². The number of aromatic nitrogens is 4. The summed E-state index contributed by atoms with van der Waals surface area (Å²) in [6.45, 7) is 0. The van der Waals surface area contributed by atoms with Gasteiger partial charge in [-0.25, -0.2) is 0 Å². The van der Waals surface area contributed by atoms with Crippen LogP contribution in [0.25, 0.3) is 0 Å². The van der Waals surface area contributed by atoms with Crippen molar-refractivity contribution < 1.29 is 14.7 Å². The summed E-state index contributed by atoms with van der Waals surface area (Å²) >= 11 is 1.18. The Hall–Kier alpha value is -2.55. The molecule has 2 aliphatic rings. The number of anilines is 1. The van der Waals surface area contributed by atoms with Gasteiger partial charge in [-0.05, 0) is 12.8 Å². The molecular formula is C14H13N5O3S. The molecule has 1 aliphatic carbocycles. The van der Waals surface area contributed by atoms with Crippen LogP contribution in [-0.4, -0.2) is 36.8 Å². The third-order valence-corrected chi connectivity index (χ3v) is 4.71. The largest absolute Gasteiger partial charge is 0.503 e. The lowest BCUT2D eigenvalue weighted by molar-refractivity contribution is -0.118. The van der Waals surface area contributed by atoms with Gasteiger partial charge in [0.15, 0.2) is 11.5 Å². The van der Waals surface area contributed by atoms with E-state index < -0.39 is 17.7 Å². The molecule has 0 radical (unpaired) electrons. The summed E-state index contributed by atoms with van der Waals surface area (Å²) in [6, 6.07) is -0.711. The molecule has 2 aromatic heterocycles. The quantitative estimate of drug-likeness (QED) is 0.902. The summed E-state index contributed by atoms with van der Waals surface area (Å²) < 4.78 is 1.59. The van der Waals surface area contributed by atoms with E-state index in [0.717, 1.165) is 12.8 Å². The predicted molar refractivity (Wildman–Crippen MR) is 80.7 cm³/mol. The second-order valence-corrected chi connectivity index (χ2v) is 6.46. The Balaban J connectivity index is 1.85. The molecule has 2 aromatic rings. The highest BCUT2D eigenvalue weighted by molar-refractivity contribution is 7.13. The molecule has 1 amide bonds. The highest BCUT2D eigenvalue weighted by Gasteiger charge is 2.48. The monoisotopic (exact) mass is 331 g/mol. The fraction of sp³-hybridized carbons (Fsp3) is 0.357. The number of rotatable bonds is 4. The van der Waals surface area contributed by atoms with Gasteiger partial charge in [-0.2, -0.15) is 5.10 Å². The maximum atomic E-state index is 12.6. The van der Waals surface area contributed by atoms with Gasteiger partial charge < -0.3 is 5.11 Å². The van der Waals surface area contributed by atoms with Crippen LogP contribution in [0.1, 0.15) is 24.4 Å². The van der Waals surface area contributed by atoms with Gasteiger partial charge in [0.05, 0.1) is 11.8 Å². The van der Waals surface area contributed by atoms with Crippen LogP contribution in [0.5, 0.6) is 0 Å². The zero-order valence-electron chi connectivity index (χ0n) is 12.2. The number of ketones is 1. The van der Waals surface area contributed by atoms with Crippen molar-refractivity contribution >= 4 is 28.2 Å². The standard InChI is InChI=1S/C14H13N5O3S/c1-18-5-8(4-16-18)10-9(11(20)7-2-3-7)12(21)13(22)19(10)14-17-15-6-23-14/h4-7,10,21H,2-3H2,1H3. The van der Waals surface area contributed by atoms with Gasteiger partial charge in [-0.1, -0.05) is 11.3 Å². The van der Waals surface area contributed by atoms with Gasteiger partial charge in [0.1, 0.15) is 11.6 Å². The molecule has 8 nitrogen and oxygen atoms in total. The maximum absolute atomic E-state index is 12.6. The molecule has 0 aromatic carbocycles. The number of amides is 1. The van der Waals surface area contributed by atoms with Crippen LogP contribution in [0.15, 0.2) is 29.2 Å². The van der Waals surface area contributed by atoms with E-state index in [1.54, 1.807) is 24.1 Å². The molecule has 3 heterocycles. The molecule has 0 spiro atoms. The summed E-state index contributed by atoms with van der Waals surface area (Å²) in [4.78, 5) is 26.5. The minimum absolute atomic E-state index is 0.103. The second-order valence-electron chi connectivity index (χ2n) is 5.65. The minimum Gasteiger partial charge on any atom is -0.503 e. The highest BCUT2D eigenvalue weighted by atomic mass is 32.1. The van der Waals surface area contributed by atoms with Crippen molar-refractivity contribution in [3.63, 3.8) is 0 Å². The van der Waals surface area contributed by atoms with E-state index in [1.807, 2.05) is 0 Å². The number of aliphatic hydroxyl groups is 1. The molecule has 1 N–H and O–H groups in total. The van der Waals surface area contributed by atoms with Crippen LogP contribution in [0.3, 0.4) is 0 Å². The molecule has 1 aliphatic heterocycles. The summed E-state index contributed by atoms with van der Waals surface area (Å²) in [7, 11) is 1.75. The predicted octanol–water partition coefficient (Wildman–Crippen LogP) is 1.15. The van der Waals surface area contributed by atoms with Gasteiger partial charge >= 0.3 is 0 Å². The number of carbonyl (C=O) groups excluding carboxylic acids is 2. The molecular weight excluding hydrogens is 318 g/mol. The molecule has 1 unspecified atom stereocenters. The number of Topliss-reactive ketones (excluding diaryl/α,β-unsaturated/α-hetero) is 1. The first-order valence-corrected chi connectivity index (χ1v) is 8.01. The number of aliphatic hydroxyl groups excluding tert-OH is 1. The molecule has 4 rings (SSSR count). The van der Waals surface area contributed by atoms with Gasteiger partial charge in [-0.3, -0.25) is 19.2 Å². The number of carbonyl (C=O) groups is 2. The topological polar surface area (TPSA) is 101 Å². The fourth-order valence-electron chi connectivity index (χ4n) is 2.79. The molecule has 0 bridgehead atoms. The van der Waals surface area contributed by atoms with E-state index in [4.69, 9.17) is 0 Å². The number of hydrogen-bond donors (Lipinski definition) is 1. The van der Waals surface area contributed by atoms with Crippen LogP contribution in [-0.2, 0) is 16.6 Å². The molecule has 23 heavy (non-hydrogen) atoms. The Morgan fingerprint density at radius 1 is 1.43 bits per heavy atom. The van der Waals surface area contributed by atoms with E-state index in [0.29, 0.717) is 10.7 Å². The van der Waals surface area contributed by atoms with Crippen LogP contribution in [0.2, 0.25) is 0 Å². The Labute approximate surface area is 135 Å². The lowest BCUT2D eigenvalue weighted by atomic mass is 9.96. The minimum atomic E-state index is -0.711. The van der Waals surface area contributed by atoms with Crippen molar-refractivity contribution in [1.82, 2.24) is 20.0 Å². The van der Waals surface area contributed by atoms with Crippen molar-refractivity contribution in [3.8, 4) is 0 Å².